The van der Waals surface area contributed by atoms with Crippen molar-refractivity contribution in [3.05, 3.63) is 0 Å². The molecule has 0 saturated carbocycles. The third-order valence-corrected chi connectivity index (χ3v) is 7.83. The van der Waals surface area contributed by atoms with Crippen LogP contribution in [0.5, 0.6) is 0 Å². The van der Waals surface area contributed by atoms with E-state index in [2.05, 4.69) is 109 Å². The van der Waals surface area contributed by atoms with Crippen molar-refractivity contribution in [2.75, 3.05) is 0 Å². The largest absolute Gasteiger partial charge is 0.307 e. The van der Waals surface area contributed by atoms with Crippen molar-refractivity contribution < 1.29 is 0 Å². The van der Waals surface area contributed by atoms with E-state index in [0.29, 0.717) is 22.0 Å². The van der Waals surface area contributed by atoms with Gasteiger partial charge in [-0.05, 0) is 93.9 Å². The Labute approximate surface area is 216 Å². The Balaban J connectivity index is 1.99. The van der Waals surface area contributed by atoms with Gasteiger partial charge in [0.1, 0.15) is 0 Å². The smallest absolute Gasteiger partial charge is 0.0697 e. The molecule has 6 heteroatoms. The molecule has 0 radical (unpaired) electrons. The second-order valence-corrected chi connectivity index (χ2v) is 16.7. The van der Waals surface area contributed by atoms with Crippen LogP contribution in [0.1, 0.15) is 120 Å². The van der Waals surface area contributed by atoms with E-state index in [4.69, 9.17) is 0 Å². The van der Waals surface area contributed by atoms with Gasteiger partial charge < -0.3 is 10.6 Å². The van der Waals surface area contributed by atoms with Gasteiger partial charge in [0.15, 0.2) is 0 Å². The van der Waals surface area contributed by atoms with Gasteiger partial charge >= 0.3 is 0 Å². The first-order valence-corrected chi connectivity index (χ1v) is 14.8. The first kappa shape index (κ1) is 29.0. The lowest BCUT2D eigenvalue weighted by Crippen LogP contribution is -2.66. The lowest BCUT2D eigenvalue weighted by molar-refractivity contribution is 0.112. The normalized spacial score (nSPS) is 25.5. The van der Waals surface area contributed by atoms with Crippen molar-refractivity contribution in [1.82, 2.24) is 21.3 Å². The first-order chi connectivity index (χ1) is 14.6. The van der Waals surface area contributed by atoms with Gasteiger partial charge in [0.05, 0.1) is 9.90 Å². The Morgan fingerprint density at radius 2 is 0.969 bits per heavy atom. The molecule has 190 valence electrons. The molecule has 0 aliphatic carbocycles. The van der Waals surface area contributed by atoms with Crippen LogP contribution in [0.25, 0.3) is 0 Å². The van der Waals surface area contributed by atoms with Crippen LogP contribution in [0.3, 0.4) is 0 Å². The van der Waals surface area contributed by atoms with Crippen molar-refractivity contribution in [3.63, 3.8) is 0 Å². The minimum Gasteiger partial charge on any atom is -0.307 e. The molecule has 2 rings (SSSR count). The number of rotatable bonds is 11. The van der Waals surface area contributed by atoms with E-state index in [1.165, 1.54) is 64.2 Å². The summed E-state index contributed by atoms with van der Waals surface area (Å²) >= 11 is 7.20. The lowest BCUT2D eigenvalue weighted by atomic mass is 9.79. The summed E-state index contributed by atoms with van der Waals surface area (Å²) in [5.41, 5.74) is 0.685. The number of piperidine rings is 2. The number of unbranched alkanes of at least 4 members (excludes halogenated alkanes) is 3. The molecule has 2 saturated heterocycles. The summed E-state index contributed by atoms with van der Waals surface area (Å²) in [4.78, 5) is 0. The van der Waals surface area contributed by atoms with Crippen molar-refractivity contribution in [3.8, 4) is 0 Å². The van der Waals surface area contributed by atoms with Crippen LogP contribution >= 0.6 is 31.9 Å². The van der Waals surface area contributed by atoms with Gasteiger partial charge in [-0.25, -0.2) is 0 Å². The fourth-order valence-corrected chi connectivity index (χ4v) is 7.31. The Morgan fingerprint density at radius 3 is 1.31 bits per heavy atom. The van der Waals surface area contributed by atoms with Gasteiger partial charge in [-0.2, -0.15) is 0 Å². The standard InChI is InChI=1S/C26H52Br2N4/c1-23(2)15-19(16-24(3,4)31-23)29-22(14-12-10-9-11-13-21(27)28)30-20-17-25(5,6)32-26(7,8)18-20/h19-22,29-32H,9-18H2,1-8H3. The van der Waals surface area contributed by atoms with E-state index in [9.17, 15) is 0 Å². The van der Waals surface area contributed by atoms with Gasteiger partial charge in [0, 0.05) is 34.2 Å². The topological polar surface area (TPSA) is 48.1 Å². The molecule has 0 aromatic carbocycles. The Morgan fingerprint density at radius 1 is 0.625 bits per heavy atom. The molecule has 0 aromatic rings. The predicted molar refractivity (Wildman–Crippen MR) is 148 cm³/mol. The molecule has 0 aromatic heterocycles. The van der Waals surface area contributed by atoms with E-state index in [0.717, 1.165) is 0 Å². The molecule has 4 nitrogen and oxygen atoms in total. The summed E-state index contributed by atoms with van der Waals surface area (Å²) in [6.07, 6.45) is 12.7. The van der Waals surface area contributed by atoms with Crippen LogP contribution in [0.4, 0.5) is 0 Å². The van der Waals surface area contributed by atoms with Crippen molar-refractivity contribution >= 4 is 31.9 Å². The highest BCUT2D eigenvalue weighted by atomic mass is 79.9. The van der Waals surface area contributed by atoms with Crippen LogP contribution < -0.4 is 21.3 Å². The third-order valence-electron chi connectivity index (χ3n) is 6.92. The first-order valence-electron chi connectivity index (χ1n) is 13.0. The second kappa shape index (κ2) is 11.7. The highest BCUT2D eigenvalue weighted by molar-refractivity contribution is 9.24. The quantitative estimate of drug-likeness (QED) is 0.127. The van der Waals surface area contributed by atoms with Crippen LogP contribution in [0.2, 0.25) is 0 Å². The molecule has 0 spiro atoms. The maximum Gasteiger partial charge on any atom is 0.0697 e. The number of hydrogen-bond acceptors (Lipinski definition) is 4. The summed E-state index contributed by atoms with van der Waals surface area (Å²) in [5, 5.41) is 15.9. The highest BCUT2D eigenvalue weighted by Crippen LogP contribution is 2.31. The molecule has 0 unspecified atom stereocenters. The predicted octanol–water partition coefficient (Wildman–Crippen LogP) is 6.57. The Bertz CT molecular complexity index is 502. The molecule has 2 heterocycles. The highest BCUT2D eigenvalue weighted by Gasteiger charge is 2.40. The zero-order valence-electron chi connectivity index (χ0n) is 22.1. The molecule has 2 aliphatic heterocycles. The van der Waals surface area contributed by atoms with Crippen molar-refractivity contribution in [2.45, 2.75) is 164 Å². The summed E-state index contributed by atoms with van der Waals surface area (Å²) < 4.78 is 0.462. The van der Waals surface area contributed by atoms with Gasteiger partial charge in [-0.3, -0.25) is 10.6 Å². The van der Waals surface area contributed by atoms with Gasteiger partial charge in [-0.1, -0.05) is 57.5 Å². The zero-order chi connectivity index (χ0) is 24.2. The minimum atomic E-state index is 0.171. The Kier molecular flexibility index (Phi) is 10.6. The van der Waals surface area contributed by atoms with E-state index in [1.54, 1.807) is 0 Å². The molecule has 32 heavy (non-hydrogen) atoms. The number of alkyl halides is 2. The number of nitrogens with one attached hydrogen (secondary N) is 4. The third kappa shape index (κ3) is 11.0. The maximum atomic E-state index is 4.09. The second-order valence-electron chi connectivity index (χ2n) is 13.3. The number of halogens is 2. The molecule has 2 aliphatic rings. The fraction of sp³-hybridized carbons (Fsp3) is 1.00. The van der Waals surface area contributed by atoms with Crippen molar-refractivity contribution in [1.29, 1.82) is 0 Å². The molecule has 0 atom stereocenters. The molecule has 0 amide bonds. The summed E-state index contributed by atoms with van der Waals surface area (Å²) in [7, 11) is 0. The molecule has 2 fully saturated rings. The summed E-state index contributed by atoms with van der Waals surface area (Å²) in [6.45, 7) is 18.8. The SMILES string of the molecule is CC1(C)CC(NC(CCCCCCC(Br)Br)NC2CC(C)(C)NC(C)(C)C2)CC(C)(C)N1. The van der Waals surface area contributed by atoms with Gasteiger partial charge in [-0.15, -0.1) is 0 Å². The van der Waals surface area contributed by atoms with E-state index in [-0.39, 0.29) is 22.2 Å². The molecule has 0 bridgehead atoms. The average Bonchev–Trinajstić information content (AvgIpc) is 2.51. The average molecular weight is 581 g/mol. The van der Waals surface area contributed by atoms with Gasteiger partial charge in [0.2, 0.25) is 0 Å². The summed E-state index contributed by atoms with van der Waals surface area (Å²) in [5.74, 6) is 0. The van der Waals surface area contributed by atoms with Crippen molar-refractivity contribution in [2.24, 2.45) is 0 Å². The zero-order valence-corrected chi connectivity index (χ0v) is 25.3. The minimum absolute atomic E-state index is 0.171. The Hall–Kier alpha value is 0.800. The lowest BCUT2D eigenvalue weighted by Gasteiger charge is -2.49. The van der Waals surface area contributed by atoms with Crippen LogP contribution in [0.15, 0.2) is 0 Å². The van der Waals surface area contributed by atoms with Gasteiger partial charge in [0.25, 0.3) is 0 Å². The summed E-state index contributed by atoms with van der Waals surface area (Å²) in [6, 6.07) is 1.09. The monoisotopic (exact) mass is 578 g/mol. The number of hydrogen-bond donors (Lipinski definition) is 4. The van der Waals surface area contributed by atoms with Crippen LogP contribution in [0, 0.1) is 0 Å². The fourth-order valence-electron chi connectivity index (χ4n) is 6.66. The maximum absolute atomic E-state index is 4.09. The van der Waals surface area contributed by atoms with E-state index < -0.39 is 0 Å². The van der Waals surface area contributed by atoms with Crippen LogP contribution in [-0.4, -0.2) is 44.1 Å². The molecular weight excluding hydrogens is 528 g/mol. The molecule has 4 N–H and O–H groups in total. The molecular formula is C26H52Br2N4. The van der Waals surface area contributed by atoms with E-state index in [1.807, 2.05) is 0 Å². The van der Waals surface area contributed by atoms with E-state index >= 15 is 0 Å². The van der Waals surface area contributed by atoms with Crippen LogP contribution in [-0.2, 0) is 0 Å².